The van der Waals surface area contributed by atoms with Gasteiger partial charge >= 0.3 is 11.9 Å². The molecule has 0 aromatic carbocycles. The van der Waals surface area contributed by atoms with E-state index in [1.54, 1.807) is 6.92 Å². The van der Waals surface area contributed by atoms with Crippen LogP contribution < -0.4 is 5.73 Å². The van der Waals surface area contributed by atoms with E-state index in [9.17, 15) is 14.4 Å². The standard InChI is InChI=1S/C10H18N2O5/c1-3-6(2)9(11)10(17)12(4-7(13)14)5-8(15)16/h6,9H,3-5,11H2,1-2H3,(H,13,14)(H,15,16)/t6-,9-/m0/s1. The van der Waals surface area contributed by atoms with Crippen LogP contribution in [0.1, 0.15) is 20.3 Å². The van der Waals surface area contributed by atoms with Crippen LogP contribution in [-0.4, -0.2) is 52.1 Å². The molecule has 4 N–H and O–H groups in total. The van der Waals surface area contributed by atoms with E-state index in [1.807, 2.05) is 6.92 Å². The van der Waals surface area contributed by atoms with Crippen LogP contribution >= 0.6 is 0 Å². The van der Waals surface area contributed by atoms with Gasteiger partial charge in [0, 0.05) is 0 Å². The monoisotopic (exact) mass is 246 g/mol. The third-order valence-corrected chi connectivity index (χ3v) is 2.51. The first-order chi connectivity index (χ1) is 7.79. The van der Waals surface area contributed by atoms with Crippen molar-refractivity contribution in [3.05, 3.63) is 0 Å². The number of hydrogen-bond acceptors (Lipinski definition) is 4. The second-order valence-corrected chi connectivity index (χ2v) is 3.89. The van der Waals surface area contributed by atoms with Crippen LogP contribution in [0.3, 0.4) is 0 Å². The molecule has 1 amide bonds. The maximum absolute atomic E-state index is 11.8. The minimum Gasteiger partial charge on any atom is -0.480 e. The van der Waals surface area contributed by atoms with E-state index in [-0.39, 0.29) is 5.92 Å². The predicted molar refractivity (Wildman–Crippen MR) is 59.3 cm³/mol. The van der Waals surface area contributed by atoms with Crippen LogP contribution in [0.2, 0.25) is 0 Å². The van der Waals surface area contributed by atoms with Gasteiger partial charge in [0.15, 0.2) is 0 Å². The van der Waals surface area contributed by atoms with Crippen molar-refractivity contribution in [1.29, 1.82) is 0 Å². The molecule has 0 rings (SSSR count). The molecule has 7 heteroatoms. The highest BCUT2D eigenvalue weighted by Crippen LogP contribution is 2.08. The Hall–Kier alpha value is -1.63. The number of nitrogens with two attached hydrogens (primary N) is 1. The van der Waals surface area contributed by atoms with Gasteiger partial charge in [0.05, 0.1) is 6.04 Å². The molecule has 17 heavy (non-hydrogen) atoms. The summed E-state index contributed by atoms with van der Waals surface area (Å²) in [5.74, 6) is -3.32. The molecule has 0 spiro atoms. The number of carboxylic acid groups (broad SMARTS) is 2. The van der Waals surface area contributed by atoms with Gasteiger partial charge in [-0.2, -0.15) is 0 Å². The quantitative estimate of drug-likeness (QED) is 0.549. The number of amides is 1. The zero-order chi connectivity index (χ0) is 13.6. The first-order valence-corrected chi connectivity index (χ1v) is 5.27. The fraction of sp³-hybridized carbons (Fsp3) is 0.700. The summed E-state index contributed by atoms with van der Waals surface area (Å²) < 4.78 is 0. The molecule has 0 aromatic rings. The first-order valence-electron chi connectivity index (χ1n) is 5.27. The van der Waals surface area contributed by atoms with Crippen molar-refractivity contribution in [3.8, 4) is 0 Å². The van der Waals surface area contributed by atoms with Crippen LogP contribution in [0.5, 0.6) is 0 Å². The number of nitrogens with zero attached hydrogens (tertiary/aromatic N) is 1. The van der Waals surface area contributed by atoms with E-state index in [4.69, 9.17) is 15.9 Å². The van der Waals surface area contributed by atoms with Crippen molar-refractivity contribution in [2.45, 2.75) is 26.3 Å². The Bertz CT molecular complexity index is 289. The van der Waals surface area contributed by atoms with Gasteiger partial charge < -0.3 is 20.8 Å². The molecule has 0 fully saturated rings. The zero-order valence-electron chi connectivity index (χ0n) is 9.92. The summed E-state index contributed by atoms with van der Waals surface area (Å²) in [5.41, 5.74) is 5.65. The van der Waals surface area contributed by atoms with Crippen molar-refractivity contribution in [2.24, 2.45) is 11.7 Å². The van der Waals surface area contributed by atoms with E-state index in [1.165, 1.54) is 0 Å². The largest absolute Gasteiger partial charge is 0.480 e. The molecule has 2 atom stereocenters. The number of rotatable bonds is 7. The molecule has 0 bridgehead atoms. The van der Waals surface area contributed by atoms with Gasteiger partial charge in [-0.1, -0.05) is 20.3 Å². The Labute approximate surface area is 99.2 Å². The number of hydrogen-bond donors (Lipinski definition) is 3. The maximum atomic E-state index is 11.8. The Morgan fingerprint density at radius 1 is 1.18 bits per heavy atom. The third kappa shape index (κ3) is 5.30. The number of carbonyl (C=O) groups excluding carboxylic acids is 1. The highest BCUT2D eigenvalue weighted by molar-refractivity contribution is 5.88. The van der Waals surface area contributed by atoms with E-state index < -0.39 is 37.0 Å². The molecule has 0 radical (unpaired) electrons. The summed E-state index contributed by atoms with van der Waals surface area (Å²) >= 11 is 0. The van der Waals surface area contributed by atoms with Crippen LogP contribution in [0.4, 0.5) is 0 Å². The Morgan fingerprint density at radius 2 is 1.59 bits per heavy atom. The van der Waals surface area contributed by atoms with Gasteiger partial charge in [-0.05, 0) is 5.92 Å². The summed E-state index contributed by atoms with van der Waals surface area (Å²) in [6.07, 6.45) is 0.654. The second-order valence-electron chi connectivity index (χ2n) is 3.89. The van der Waals surface area contributed by atoms with E-state index in [0.717, 1.165) is 4.90 Å². The van der Waals surface area contributed by atoms with Crippen LogP contribution in [0.25, 0.3) is 0 Å². The molecule has 0 saturated carbocycles. The molecule has 7 nitrogen and oxygen atoms in total. The topological polar surface area (TPSA) is 121 Å². The highest BCUT2D eigenvalue weighted by Gasteiger charge is 2.27. The lowest BCUT2D eigenvalue weighted by Gasteiger charge is -2.25. The average molecular weight is 246 g/mol. The number of carbonyl (C=O) groups is 3. The molecule has 98 valence electrons. The molecular formula is C10H18N2O5. The smallest absolute Gasteiger partial charge is 0.323 e. The lowest BCUT2D eigenvalue weighted by molar-refractivity contribution is -0.150. The third-order valence-electron chi connectivity index (χ3n) is 2.51. The highest BCUT2D eigenvalue weighted by atomic mass is 16.4. The van der Waals surface area contributed by atoms with E-state index >= 15 is 0 Å². The lowest BCUT2D eigenvalue weighted by Crippen LogP contribution is -2.50. The minimum atomic E-state index is -1.27. The van der Waals surface area contributed by atoms with Crippen molar-refractivity contribution in [2.75, 3.05) is 13.1 Å². The molecule has 0 saturated heterocycles. The molecular weight excluding hydrogens is 228 g/mol. The summed E-state index contributed by atoms with van der Waals surface area (Å²) in [4.78, 5) is 33.6. The van der Waals surface area contributed by atoms with Crippen molar-refractivity contribution in [3.63, 3.8) is 0 Å². The number of aliphatic carboxylic acids is 2. The van der Waals surface area contributed by atoms with Crippen molar-refractivity contribution < 1.29 is 24.6 Å². The van der Waals surface area contributed by atoms with E-state index in [0.29, 0.717) is 6.42 Å². The van der Waals surface area contributed by atoms with Gasteiger partial charge in [-0.15, -0.1) is 0 Å². The summed E-state index contributed by atoms with van der Waals surface area (Å²) in [6, 6.07) is -0.876. The summed E-state index contributed by atoms with van der Waals surface area (Å²) in [6.45, 7) is 2.28. The van der Waals surface area contributed by atoms with Gasteiger partial charge in [0.25, 0.3) is 0 Å². The van der Waals surface area contributed by atoms with Gasteiger partial charge in [-0.3, -0.25) is 14.4 Å². The lowest BCUT2D eigenvalue weighted by atomic mass is 9.99. The minimum absolute atomic E-state index is 0.132. The maximum Gasteiger partial charge on any atom is 0.323 e. The molecule has 0 aliphatic heterocycles. The molecule has 0 aliphatic carbocycles. The number of carboxylic acids is 2. The fourth-order valence-electron chi connectivity index (χ4n) is 1.25. The zero-order valence-corrected chi connectivity index (χ0v) is 9.92. The Balaban J connectivity index is 4.72. The molecule has 0 unspecified atom stereocenters. The van der Waals surface area contributed by atoms with Gasteiger partial charge in [0.2, 0.25) is 5.91 Å². The average Bonchev–Trinajstić information content (AvgIpc) is 2.23. The molecule has 0 aromatic heterocycles. The van der Waals surface area contributed by atoms with Gasteiger partial charge in [-0.25, -0.2) is 0 Å². The Morgan fingerprint density at radius 3 is 1.88 bits per heavy atom. The van der Waals surface area contributed by atoms with Crippen LogP contribution in [0, 0.1) is 5.92 Å². The SMILES string of the molecule is CC[C@H](C)[C@H](N)C(=O)N(CC(=O)O)CC(=O)O. The van der Waals surface area contributed by atoms with Crippen molar-refractivity contribution in [1.82, 2.24) is 4.90 Å². The molecule has 0 aliphatic rings. The van der Waals surface area contributed by atoms with Crippen LogP contribution in [-0.2, 0) is 14.4 Å². The summed E-state index contributed by atoms with van der Waals surface area (Å²) in [5, 5.41) is 17.2. The van der Waals surface area contributed by atoms with Crippen molar-refractivity contribution >= 4 is 17.8 Å². The molecule has 0 heterocycles. The van der Waals surface area contributed by atoms with Crippen LogP contribution in [0.15, 0.2) is 0 Å². The Kier molecular flexibility index (Phi) is 6.19. The predicted octanol–water partition coefficient (Wildman–Crippen LogP) is -0.642. The van der Waals surface area contributed by atoms with E-state index in [2.05, 4.69) is 0 Å². The second kappa shape index (κ2) is 6.85. The normalized spacial score (nSPS) is 13.8. The fourth-order valence-corrected chi connectivity index (χ4v) is 1.25. The first kappa shape index (κ1) is 15.4. The summed E-state index contributed by atoms with van der Waals surface area (Å²) in [7, 11) is 0. The van der Waals surface area contributed by atoms with Gasteiger partial charge in [0.1, 0.15) is 13.1 Å².